The lowest BCUT2D eigenvalue weighted by Gasteiger charge is -2.20. The van der Waals surface area contributed by atoms with Crippen LogP contribution in [0.15, 0.2) is 15.2 Å². The fourth-order valence-electron chi connectivity index (χ4n) is 1.48. The van der Waals surface area contributed by atoms with E-state index < -0.39 is 16.5 Å². The van der Waals surface area contributed by atoms with Gasteiger partial charge in [-0.05, 0) is 26.2 Å². The predicted molar refractivity (Wildman–Crippen MR) is 79.4 cm³/mol. The molecule has 0 aromatic carbocycles. The first-order valence-electron chi connectivity index (χ1n) is 5.83. The number of hydrogen-bond donors (Lipinski definition) is 1. The largest absolute Gasteiger partial charge is 0.333 e. The van der Waals surface area contributed by atoms with E-state index in [1.165, 1.54) is 18.9 Å². The Morgan fingerprint density at radius 3 is 2.60 bits per heavy atom. The number of thiophene rings is 1. The predicted octanol–water partition coefficient (Wildman–Crippen LogP) is 2.16. The maximum absolute atomic E-state index is 11.4. The fraction of sp³-hybridized carbons (Fsp3) is 0.636. The SMILES string of the molecule is CCOC(OC)OC(C)c1sc(S(N)(=O)=O)cc1SC. The fourth-order valence-corrected chi connectivity index (χ4v) is 4.39. The zero-order valence-electron chi connectivity index (χ0n) is 11.8. The summed E-state index contributed by atoms with van der Waals surface area (Å²) in [4.78, 5) is 1.60. The van der Waals surface area contributed by atoms with Crippen LogP contribution in [0.3, 0.4) is 0 Å². The van der Waals surface area contributed by atoms with E-state index in [2.05, 4.69) is 0 Å². The van der Waals surface area contributed by atoms with Gasteiger partial charge in [0.05, 0.1) is 6.10 Å². The van der Waals surface area contributed by atoms with Crippen LogP contribution in [-0.2, 0) is 24.2 Å². The van der Waals surface area contributed by atoms with Crippen LogP contribution in [-0.4, -0.2) is 34.9 Å². The molecule has 0 fully saturated rings. The van der Waals surface area contributed by atoms with Crippen molar-refractivity contribution in [1.82, 2.24) is 0 Å². The van der Waals surface area contributed by atoms with Gasteiger partial charge in [-0.15, -0.1) is 23.1 Å². The quantitative estimate of drug-likeness (QED) is 0.576. The van der Waals surface area contributed by atoms with E-state index in [-0.39, 0.29) is 10.3 Å². The van der Waals surface area contributed by atoms with Gasteiger partial charge in [0.25, 0.3) is 6.48 Å². The Bertz CT molecular complexity index is 528. The third-order valence-corrected chi connectivity index (χ3v) is 6.01. The summed E-state index contributed by atoms with van der Waals surface area (Å²) in [6.07, 6.45) is 1.50. The van der Waals surface area contributed by atoms with Crippen LogP contribution in [0.25, 0.3) is 0 Å². The summed E-state index contributed by atoms with van der Waals surface area (Å²) in [5.74, 6) is 0. The van der Waals surface area contributed by atoms with Gasteiger partial charge >= 0.3 is 0 Å². The Kier molecular flexibility index (Phi) is 6.92. The van der Waals surface area contributed by atoms with Crippen molar-refractivity contribution >= 4 is 33.1 Å². The second-order valence-corrected chi connectivity index (χ2v) is 7.52. The molecule has 0 aliphatic rings. The molecule has 1 heterocycles. The van der Waals surface area contributed by atoms with E-state index in [1.54, 1.807) is 6.07 Å². The Morgan fingerprint density at radius 1 is 1.50 bits per heavy atom. The van der Waals surface area contributed by atoms with Gasteiger partial charge in [0.15, 0.2) is 0 Å². The molecule has 0 saturated carbocycles. The molecule has 1 rings (SSSR count). The van der Waals surface area contributed by atoms with Crippen molar-refractivity contribution in [3.05, 3.63) is 10.9 Å². The molecular weight excluding hydrogens is 322 g/mol. The summed E-state index contributed by atoms with van der Waals surface area (Å²) in [7, 11) is -2.23. The first kappa shape index (κ1) is 17.9. The molecule has 0 spiro atoms. The van der Waals surface area contributed by atoms with Crippen molar-refractivity contribution in [3.63, 3.8) is 0 Å². The normalized spacial score (nSPS) is 15.2. The second-order valence-electron chi connectivity index (χ2n) is 3.80. The van der Waals surface area contributed by atoms with Crippen molar-refractivity contribution in [2.75, 3.05) is 20.0 Å². The molecule has 116 valence electrons. The zero-order chi connectivity index (χ0) is 15.3. The molecule has 0 amide bonds. The molecule has 1 aromatic rings. The van der Waals surface area contributed by atoms with E-state index >= 15 is 0 Å². The van der Waals surface area contributed by atoms with Gasteiger partial charge in [-0.2, -0.15) is 0 Å². The van der Waals surface area contributed by atoms with Gasteiger partial charge in [-0.1, -0.05) is 0 Å². The molecule has 2 unspecified atom stereocenters. The lowest BCUT2D eigenvalue weighted by molar-refractivity contribution is -0.291. The number of sulfonamides is 1. The summed E-state index contributed by atoms with van der Waals surface area (Å²) in [5.41, 5.74) is 0. The van der Waals surface area contributed by atoms with E-state index in [9.17, 15) is 8.42 Å². The molecule has 0 radical (unpaired) electrons. The minimum absolute atomic E-state index is 0.123. The number of nitrogens with two attached hydrogens (primary N) is 1. The van der Waals surface area contributed by atoms with Gasteiger partial charge in [0, 0.05) is 23.5 Å². The highest BCUT2D eigenvalue weighted by atomic mass is 32.2. The maximum Gasteiger partial charge on any atom is 0.271 e. The Morgan fingerprint density at radius 2 is 2.15 bits per heavy atom. The molecule has 0 aliphatic heterocycles. The van der Waals surface area contributed by atoms with E-state index in [4.69, 9.17) is 19.3 Å². The van der Waals surface area contributed by atoms with E-state index in [1.807, 2.05) is 20.1 Å². The van der Waals surface area contributed by atoms with Crippen molar-refractivity contribution in [1.29, 1.82) is 0 Å². The van der Waals surface area contributed by atoms with Crippen LogP contribution in [0.1, 0.15) is 24.8 Å². The highest BCUT2D eigenvalue weighted by molar-refractivity contribution is 7.99. The van der Waals surface area contributed by atoms with Crippen LogP contribution in [0.5, 0.6) is 0 Å². The minimum Gasteiger partial charge on any atom is -0.333 e. The number of methoxy groups -OCH3 is 1. The van der Waals surface area contributed by atoms with Gasteiger partial charge in [-0.25, -0.2) is 13.6 Å². The summed E-state index contributed by atoms with van der Waals surface area (Å²) < 4.78 is 38.8. The number of rotatable bonds is 8. The molecule has 9 heteroatoms. The van der Waals surface area contributed by atoms with Crippen LogP contribution in [0, 0.1) is 0 Å². The van der Waals surface area contributed by atoms with Crippen LogP contribution in [0.2, 0.25) is 0 Å². The lowest BCUT2D eigenvalue weighted by Crippen LogP contribution is -2.21. The Labute approximate surface area is 127 Å². The summed E-state index contributed by atoms with van der Waals surface area (Å²) >= 11 is 2.54. The molecule has 0 bridgehead atoms. The molecule has 0 aliphatic carbocycles. The molecule has 1 aromatic heterocycles. The Hall–Kier alpha value is -0.160. The van der Waals surface area contributed by atoms with Crippen LogP contribution < -0.4 is 5.14 Å². The second kappa shape index (κ2) is 7.74. The number of hydrogen-bond acceptors (Lipinski definition) is 7. The monoisotopic (exact) mass is 341 g/mol. The van der Waals surface area contributed by atoms with Crippen molar-refractivity contribution < 1.29 is 22.6 Å². The average molecular weight is 341 g/mol. The zero-order valence-corrected chi connectivity index (χ0v) is 14.2. The van der Waals surface area contributed by atoms with Crippen LogP contribution >= 0.6 is 23.1 Å². The number of thioether (sulfide) groups is 1. The maximum atomic E-state index is 11.4. The third kappa shape index (κ3) is 4.69. The summed E-state index contributed by atoms with van der Waals surface area (Å²) in [6, 6.07) is 1.56. The topological polar surface area (TPSA) is 87.8 Å². The molecule has 2 N–H and O–H groups in total. The lowest BCUT2D eigenvalue weighted by atomic mass is 10.3. The van der Waals surface area contributed by atoms with Gasteiger partial charge in [0.2, 0.25) is 10.0 Å². The van der Waals surface area contributed by atoms with Gasteiger partial charge < -0.3 is 14.2 Å². The molecule has 0 saturated heterocycles. The summed E-state index contributed by atoms with van der Waals surface area (Å²) in [5, 5.41) is 5.15. The van der Waals surface area contributed by atoms with Crippen molar-refractivity contribution in [3.8, 4) is 0 Å². The Balaban J connectivity index is 2.97. The first-order chi connectivity index (χ1) is 9.33. The summed E-state index contributed by atoms with van der Waals surface area (Å²) in [6.45, 7) is 3.30. The van der Waals surface area contributed by atoms with Crippen molar-refractivity contribution in [2.24, 2.45) is 5.14 Å². The molecule has 20 heavy (non-hydrogen) atoms. The highest BCUT2D eigenvalue weighted by Gasteiger charge is 2.23. The van der Waals surface area contributed by atoms with Crippen LogP contribution in [0.4, 0.5) is 0 Å². The average Bonchev–Trinajstić information content (AvgIpc) is 2.82. The highest BCUT2D eigenvalue weighted by Crippen LogP contribution is 2.37. The third-order valence-electron chi connectivity index (χ3n) is 2.38. The van der Waals surface area contributed by atoms with E-state index in [0.717, 1.165) is 21.1 Å². The van der Waals surface area contributed by atoms with Gasteiger partial charge in [-0.3, -0.25) is 0 Å². The first-order valence-corrected chi connectivity index (χ1v) is 9.42. The smallest absolute Gasteiger partial charge is 0.271 e. The molecule has 2 atom stereocenters. The standard InChI is InChI=1S/C11H19NO5S3/c1-5-16-11(15-3)17-7(2)10-8(18-4)6-9(19-10)20(12,13)14/h6-7,11H,5H2,1-4H3,(H2,12,13,14). The molecular formula is C11H19NO5S3. The number of ether oxygens (including phenoxy) is 3. The van der Waals surface area contributed by atoms with Gasteiger partial charge in [0.1, 0.15) is 4.21 Å². The van der Waals surface area contributed by atoms with Crippen molar-refractivity contribution in [2.45, 2.75) is 35.5 Å². The van der Waals surface area contributed by atoms with E-state index in [0.29, 0.717) is 6.61 Å². The number of primary sulfonamides is 1. The molecule has 6 nitrogen and oxygen atoms in total. The minimum atomic E-state index is -3.71.